The minimum absolute atomic E-state index is 0.0700. The third-order valence-corrected chi connectivity index (χ3v) is 6.41. The molecule has 3 rings (SSSR count). The van der Waals surface area contributed by atoms with Crippen LogP contribution in [0.15, 0.2) is 58.5 Å². The average molecular weight is 417 g/mol. The van der Waals surface area contributed by atoms with Crippen molar-refractivity contribution in [2.75, 3.05) is 33.4 Å². The number of carbonyl (C=O) groups excluding carboxylic acids is 1. The minimum atomic E-state index is -3.68. The molecule has 0 saturated carbocycles. The molecule has 0 bridgehead atoms. The summed E-state index contributed by atoms with van der Waals surface area (Å²) in [5.41, 5.74) is 4.07. The number of hydrogen-bond donors (Lipinski definition) is 1. The smallest absolute Gasteiger partial charge is 0.271 e. The van der Waals surface area contributed by atoms with Crippen LogP contribution in [-0.4, -0.2) is 57.8 Å². The highest BCUT2D eigenvalue weighted by Crippen LogP contribution is 2.18. The fourth-order valence-corrected chi connectivity index (χ4v) is 4.30. The number of rotatable bonds is 6. The van der Waals surface area contributed by atoms with Gasteiger partial charge in [-0.1, -0.05) is 18.2 Å². The van der Waals surface area contributed by atoms with E-state index in [0.29, 0.717) is 37.8 Å². The molecule has 0 radical (unpaired) electrons. The lowest BCUT2D eigenvalue weighted by atomic mass is 10.1. The van der Waals surface area contributed by atoms with E-state index >= 15 is 0 Å². The molecule has 0 atom stereocenters. The number of carbonyl (C=O) groups is 1. The highest BCUT2D eigenvalue weighted by Gasteiger charge is 2.26. The van der Waals surface area contributed by atoms with Crippen molar-refractivity contribution in [3.63, 3.8) is 0 Å². The van der Waals surface area contributed by atoms with Crippen LogP contribution in [0.2, 0.25) is 0 Å². The van der Waals surface area contributed by atoms with Crippen LogP contribution < -0.4 is 10.2 Å². The number of ether oxygens (including phenoxy) is 2. The topological polar surface area (TPSA) is 97.3 Å². The molecule has 1 heterocycles. The zero-order valence-electron chi connectivity index (χ0n) is 16.3. The van der Waals surface area contributed by atoms with Crippen LogP contribution >= 0.6 is 0 Å². The maximum Gasteiger partial charge on any atom is 0.271 e. The van der Waals surface area contributed by atoms with Gasteiger partial charge in [-0.3, -0.25) is 4.79 Å². The second-order valence-electron chi connectivity index (χ2n) is 6.41. The fourth-order valence-electron chi connectivity index (χ4n) is 2.85. The van der Waals surface area contributed by atoms with Crippen LogP contribution in [0.1, 0.15) is 22.8 Å². The van der Waals surface area contributed by atoms with Crippen molar-refractivity contribution >= 4 is 21.6 Å². The van der Waals surface area contributed by atoms with E-state index in [9.17, 15) is 13.2 Å². The van der Waals surface area contributed by atoms with E-state index in [4.69, 9.17) is 9.47 Å². The molecule has 29 heavy (non-hydrogen) atoms. The molecule has 2 aromatic carbocycles. The largest absolute Gasteiger partial charge is 0.497 e. The molecular weight excluding hydrogens is 394 g/mol. The Morgan fingerprint density at radius 1 is 1.10 bits per heavy atom. The Bertz CT molecular complexity index is 1010. The summed E-state index contributed by atoms with van der Waals surface area (Å²) in [4.78, 5) is 12.6. The van der Waals surface area contributed by atoms with E-state index in [1.54, 1.807) is 32.2 Å². The number of nitrogens with zero attached hydrogens (tertiary/aromatic N) is 2. The molecule has 1 amide bonds. The van der Waals surface area contributed by atoms with Crippen molar-refractivity contribution in [1.29, 1.82) is 0 Å². The molecule has 1 aliphatic heterocycles. The number of benzene rings is 2. The first-order chi connectivity index (χ1) is 13.9. The Morgan fingerprint density at radius 3 is 2.52 bits per heavy atom. The summed E-state index contributed by atoms with van der Waals surface area (Å²) in [6.07, 6.45) is 0. The summed E-state index contributed by atoms with van der Waals surface area (Å²) in [6.45, 7) is 3.06. The van der Waals surface area contributed by atoms with Crippen LogP contribution in [0.25, 0.3) is 0 Å². The molecular formula is C20H23N3O5S. The Balaban J connectivity index is 1.75. The molecule has 1 fully saturated rings. The van der Waals surface area contributed by atoms with Gasteiger partial charge in [-0.15, -0.1) is 0 Å². The van der Waals surface area contributed by atoms with Gasteiger partial charge in [0.25, 0.3) is 5.91 Å². The predicted octanol–water partition coefficient (Wildman–Crippen LogP) is 1.87. The van der Waals surface area contributed by atoms with E-state index in [2.05, 4.69) is 10.5 Å². The number of methoxy groups -OCH3 is 1. The Labute approximate surface area is 170 Å². The highest BCUT2D eigenvalue weighted by atomic mass is 32.2. The molecule has 154 valence electrons. The molecule has 2 aromatic rings. The predicted molar refractivity (Wildman–Crippen MR) is 109 cm³/mol. The third-order valence-electron chi connectivity index (χ3n) is 4.52. The van der Waals surface area contributed by atoms with Crippen molar-refractivity contribution in [3.8, 4) is 5.75 Å². The normalized spacial score (nSPS) is 15.7. The Morgan fingerprint density at radius 2 is 1.79 bits per heavy atom. The van der Waals surface area contributed by atoms with E-state index in [0.717, 1.165) is 5.56 Å². The number of hydrogen-bond acceptors (Lipinski definition) is 6. The molecule has 1 N–H and O–H groups in total. The van der Waals surface area contributed by atoms with Gasteiger partial charge in [0.1, 0.15) is 5.75 Å². The Kier molecular flexibility index (Phi) is 6.63. The lowest BCUT2D eigenvalue weighted by Gasteiger charge is -2.26. The third kappa shape index (κ3) is 5.00. The maximum atomic E-state index is 12.8. The number of sulfonamides is 1. The molecule has 0 unspecified atom stereocenters. The summed E-state index contributed by atoms with van der Waals surface area (Å²) in [7, 11) is -2.10. The number of hydrazone groups is 1. The molecule has 8 nitrogen and oxygen atoms in total. The van der Waals surface area contributed by atoms with E-state index in [1.165, 1.54) is 16.4 Å². The van der Waals surface area contributed by atoms with Gasteiger partial charge < -0.3 is 9.47 Å². The SMILES string of the molecule is COc1cccc(/C(C)=N\NC(=O)c2cccc(S(=O)(=O)N3CCOCC3)c2)c1. The first-order valence-corrected chi connectivity index (χ1v) is 10.5. The second-order valence-corrected chi connectivity index (χ2v) is 8.35. The summed E-state index contributed by atoms with van der Waals surface area (Å²) < 4.78 is 37.3. The van der Waals surface area contributed by atoms with Crippen molar-refractivity contribution in [3.05, 3.63) is 59.7 Å². The maximum absolute atomic E-state index is 12.8. The fraction of sp³-hybridized carbons (Fsp3) is 0.300. The van der Waals surface area contributed by atoms with Gasteiger partial charge in [-0.2, -0.15) is 9.41 Å². The second kappa shape index (κ2) is 9.17. The van der Waals surface area contributed by atoms with Gasteiger partial charge in [-0.25, -0.2) is 13.8 Å². The van der Waals surface area contributed by atoms with Gasteiger partial charge >= 0.3 is 0 Å². The molecule has 1 saturated heterocycles. The first kappa shape index (κ1) is 21.0. The quantitative estimate of drug-likeness (QED) is 0.572. The van der Waals surface area contributed by atoms with E-state index in [-0.39, 0.29) is 10.5 Å². The molecule has 0 aromatic heterocycles. The molecule has 0 spiro atoms. The van der Waals surface area contributed by atoms with Crippen molar-refractivity contribution in [2.24, 2.45) is 5.10 Å². The zero-order valence-corrected chi connectivity index (χ0v) is 17.1. The van der Waals surface area contributed by atoms with Gasteiger partial charge in [-0.05, 0) is 37.3 Å². The standard InChI is InChI=1S/C20H23N3O5S/c1-15(16-5-3-7-18(13-16)27-2)21-22-20(24)17-6-4-8-19(14-17)29(25,26)23-9-11-28-12-10-23/h3-8,13-14H,9-12H2,1-2H3,(H,22,24)/b21-15-. The monoisotopic (exact) mass is 417 g/mol. The average Bonchev–Trinajstić information content (AvgIpc) is 2.78. The van der Waals surface area contributed by atoms with E-state index in [1.807, 2.05) is 18.2 Å². The molecule has 0 aliphatic carbocycles. The summed E-state index contributed by atoms with van der Waals surface area (Å²) in [6, 6.07) is 13.2. The van der Waals surface area contributed by atoms with Gasteiger partial charge in [0.15, 0.2) is 0 Å². The molecule has 1 aliphatic rings. The van der Waals surface area contributed by atoms with Crippen LogP contribution in [-0.2, 0) is 14.8 Å². The summed E-state index contributed by atoms with van der Waals surface area (Å²) in [5, 5.41) is 4.11. The van der Waals surface area contributed by atoms with Crippen LogP contribution in [0.3, 0.4) is 0 Å². The zero-order chi connectivity index (χ0) is 20.9. The number of amides is 1. The number of nitrogens with one attached hydrogen (secondary N) is 1. The first-order valence-electron chi connectivity index (χ1n) is 9.09. The van der Waals surface area contributed by atoms with Gasteiger partial charge in [0.2, 0.25) is 10.0 Å². The number of morpholine rings is 1. The minimum Gasteiger partial charge on any atom is -0.497 e. The van der Waals surface area contributed by atoms with Gasteiger partial charge in [0, 0.05) is 24.2 Å². The van der Waals surface area contributed by atoms with Crippen LogP contribution in [0.5, 0.6) is 5.75 Å². The van der Waals surface area contributed by atoms with Crippen molar-refractivity contribution in [1.82, 2.24) is 9.73 Å². The van der Waals surface area contributed by atoms with Crippen molar-refractivity contribution < 1.29 is 22.7 Å². The Hall–Kier alpha value is -2.75. The summed E-state index contributed by atoms with van der Waals surface area (Å²) in [5.74, 6) is 0.190. The molecule has 9 heteroatoms. The van der Waals surface area contributed by atoms with Crippen LogP contribution in [0.4, 0.5) is 0 Å². The lowest BCUT2D eigenvalue weighted by Crippen LogP contribution is -2.40. The van der Waals surface area contributed by atoms with Crippen molar-refractivity contribution in [2.45, 2.75) is 11.8 Å². The van der Waals surface area contributed by atoms with E-state index < -0.39 is 15.9 Å². The van der Waals surface area contributed by atoms with Crippen LogP contribution in [0, 0.1) is 0 Å². The van der Waals surface area contributed by atoms with Gasteiger partial charge in [0.05, 0.1) is 30.9 Å². The lowest BCUT2D eigenvalue weighted by molar-refractivity contribution is 0.0730. The summed E-state index contributed by atoms with van der Waals surface area (Å²) >= 11 is 0. The highest BCUT2D eigenvalue weighted by molar-refractivity contribution is 7.89.